The molecule has 174 valence electrons. The van der Waals surface area contributed by atoms with Gasteiger partial charge in [-0.15, -0.1) is 0 Å². The first kappa shape index (κ1) is 24.7. The lowest BCUT2D eigenvalue weighted by atomic mass is 10.2. The fraction of sp³-hybridized carbons (Fsp3) is 0.381. The van der Waals surface area contributed by atoms with Crippen LogP contribution in [-0.4, -0.2) is 57.5 Å². The minimum Gasteiger partial charge on any atom is -0.322 e. The predicted octanol–water partition coefficient (Wildman–Crippen LogP) is 3.41. The van der Waals surface area contributed by atoms with E-state index in [9.17, 15) is 21.6 Å². The van der Waals surface area contributed by atoms with Gasteiger partial charge in [-0.2, -0.15) is 8.61 Å². The van der Waals surface area contributed by atoms with Crippen molar-refractivity contribution >= 4 is 43.2 Å². The Morgan fingerprint density at radius 2 is 1.53 bits per heavy atom. The van der Waals surface area contributed by atoms with Gasteiger partial charge in [0.05, 0.1) is 20.4 Å². The number of nitrogens with one attached hydrogen (secondary N) is 1. The maximum absolute atomic E-state index is 12.8. The number of hydrogen-bond acceptors (Lipinski definition) is 5. The molecule has 1 N–H and O–H groups in total. The van der Waals surface area contributed by atoms with Gasteiger partial charge in [0.2, 0.25) is 20.0 Å². The second kappa shape index (κ2) is 9.88. The van der Waals surface area contributed by atoms with E-state index in [0.29, 0.717) is 31.9 Å². The Labute approximate surface area is 194 Å². The molecule has 0 saturated carbocycles. The molecule has 1 heterocycles. The summed E-state index contributed by atoms with van der Waals surface area (Å²) in [4.78, 5) is 12.9. The van der Waals surface area contributed by atoms with Crippen molar-refractivity contribution in [2.24, 2.45) is 0 Å². The topological polar surface area (TPSA) is 104 Å². The number of nitrogens with zero attached hydrogens (tertiary/aromatic N) is 2. The van der Waals surface area contributed by atoms with Crippen LogP contribution in [0.3, 0.4) is 0 Å². The lowest BCUT2D eigenvalue weighted by Gasteiger charge is -2.19. The van der Waals surface area contributed by atoms with Crippen LogP contribution >= 0.6 is 11.6 Å². The van der Waals surface area contributed by atoms with Gasteiger partial charge >= 0.3 is 0 Å². The van der Waals surface area contributed by atoms with E-state index in [-0.39, 0.29) is 20.4 Å². The molecule has 1 aliphatic rings. The van der Waals surface area contributed by atoms with Gasteiger partial charge in [-0.25, -0.2) is 16.8 Å². The van der Waals surface area contributed by atoms with Crippen LogP contribution in [-0.2, 0) is 20.0 Å². The maximum atomic E-state index is 12.8. The smallest absolute Gasteiger partial charge is 0.257 e. The molecular formula is C21H26ClN3O5S2. The molecular weight excluding hydrogens is 474 g/mol. The zero-order valence-electron chi connectivity index (χ0n) is 17.9. The maximum Gasteiger partial charge on any atom is 0.257 e. The van der Waals surface area contributed by atoms with E-state index in [1.54, 1.807) is 13.8 Å². The predicted molar refractivity (Wildman–Crippen MR) is 124 cm³/mol. The van der Waals surface area contributed by atoms with E-state index in [2.05, 4.69) is 5.32 Å². The second-order valence-corrected chi connectivity index (χ2v) is 11.6. The average Bonchev–Trinajstić information content (AvgIpc) is 3.31. The molecule has 0 unspecified atom stereocenters. The van der Waals surface area contributed by atoms with Crippen molar-refractivity contribution in [3.8, 4) is 0 Å². The Hall–Kier alpha value is -1.98. The Morgan fingerprint density at radius 3 is 2.09 bits per heavy atom. The molecule has 1 fully saturated rings. The van der Waals surface area contributed by atoms with Crippen molar-refractivity contribution in [1.82, 2.24) is 8.61 Å². The van der Waals surface area contributed by atoms with Crippen molar-refractivity contribution in [2.75, 3.05) is 31.5 Å². The van der Waals surface area contributed by atoms with E-state index in [1.165, 1.54) is 51.1 Å². The number of anilines is 1. The molecule has 11 heteroatoms. The zero-order valence-corrected chi connectivity index (χ0v) is 20.3. The molecule has 8 nitrogen and oxygen atoms in total. The number of benzene rings is 2. The number of hydrogen-bond donors (Lipinski definition) is 1. The van der Waals surface area contributed by atoms with E-state index >= 15 is 0 Å². The molecule has 3 rings (SSSR count). The molecule has 32 heavy (non-hydrogen) atoms. The fourth-order valence-corrected chi connectivity index (χ4v) is 6.74. The number of carbonyl (C=O) groups is 1. The lowest BCUT2D eigenvalue weighted by Crippen LogP contribution is -2.30. The highest BCUT2D eigenvalue weighted by Gasteiger charge is 2.27. The van der Waals surface area contributed by atoms with Gasteiger partial charge in [-0.05, 0) is 55.3 Å². The van der Waals surface area contributed by atoms with Gasteiger partial charge in [0.15, 0.2) is 0 Å². The summed E-state index contributed by atoms with van der Waals surface area (Å²) in [6.07, 6.45) is 1.69. The van der Waals surface area contributed by atoms with Gasteiger partial charge in [0.25, 0.3) is 5.91 Å². The summed E-state index contributed by atoms with van der Waals surface area (Å²) in [5.74, 6) is -0.596. The quantitative estimate of drug-likeness (QED) is 0.599. The Morgan fingerprint density at radius 1 is 0.969 bits per heavy atom. The highest BCUT2D eigenvalue weighted by molar-refractivity contribution is 7.89. The van der Waals surface area contributed by atoms with Crippen molar-refractivity contribution in [3.05, 3.63) is 53.1 Å². The fourth-order valence-electron chi connectivity index (χ4n) is 3.54. The van der Waals surface area contributed by atoms with Crippen molar-refractivity contribution in [3.63, 3.8) is 0 Å². The first-order chi connectivity index (χ1) is 15.1. The molecule has 1 amide bonds. The van der Waals surface area contributed by atoms with Gasteiger partial charge in [0.1, 0.15) is 0 Å². The standard InChI is InChI=1S/C21H26ClN3O5S2/c1-3-24(4-2)32(29,30)18-11-12-20(22)19(15-18)21(26)23-16-7-9-17(10-8-16)31(27,28)25-13-5-6-14-25/h7-12,15H,3-6,13-14H2,1-2H3,(H,23,26). The summed E-state index contributed by atoms with van der Waals surface area (Å²) in [5.41, 5.74) is 0.372. The van der Waals surface area contributed by atoms with Crippen LogP contribution in [0.2, 0.25) is 5.02 Å². The first-order valence-electron chi connectivity index (χ1n) is 10.3. The van der Waals surface area contributed by atoms with Crippen molar-refractivity contribution in [1.29, 1.82) is 0 Å². The SMILES string of the molecule is CCN(CC)S(=O)(=O)c1ccc(Cl)c(C(=O)Nc2ccc(S(=O)(=O)N3CCCC3)cc2)c1. The van der Waals surface area contributed by atoms with Crippen LogP contribution in [0.4, 0.5) is 5.69 Å². The minimum atomic E-state index is -3.75. The normalized spacial score (nSPS) is 15.2. The van der Waals surface area contributed by atoms with Gasteiger partial charge < -0.3 is 5.32 Å². The molecule has 0 atom stereocenters. The summed E-state index contributed by atoms with van der Waals surface area (Å²) in [5, 5.41) is 2.75. The summed E-state index contributed by atoms with van der Waals surface area (Å²) >= 11 is 6.16. The van der Waals surface area contributed by atoms with Crippen LogP contribution in [0.15, 0.2) is 52.3 Å². The number of rotatable bonds is 8. The highest BCUT2D eigenvalue weighted by Crippen LogP contribution is 2.25. The van der Waals surface area contributed by atoms with Crippen LogP contribution in [0.5, 0.6) is 0 Å². The second-order valence-electron chi connectivity index (χ2n) is 7.32. The summed E-state index contributed by atoms with van der Waals surface area (Å²) in [7, 11) is -7.30. The summed E-state index contributed by atoms with van der Waals surface area (Å²) in [6, 6.07) is 9.84. The number of carbonyl (C=O) groups excluding carboxylic acids is 1. The van der Waals surface area contributed by atoms with Crippen molar-refractivity contribution < 1.29 is 21.6 Å². The lowest BCUT2D eigenvalue weighted by molar-refractivity contribution is 0.102. The average molecular weight is 500 g/mol. The molecule has 0 radical (unpaired) electrons. The highest BCUT2D eigenvalue weighted by atomic mass is 35.5. The Kier molecular flexibility index (Phi) is 7.61. The monoisotopic (exact) mass is 499 g/mol. The van der Waals surface area contributed by atoms with Gasteiger partial charge in [-0.3, -0.25) is 4.79 Å². The zero-order chi connectivity index (χ0) is 23.5. The third-order valence-corrected chi connectivity index (χ3v) is 9.63. The third-order valence-electron chi connectivity index (χ3n) is 5.34. The Bertz CT molecular complexity index is 1190. The molecule has 2 aromatic rings. The van der Waals surface area contributed by atoms with Crippen LogP contribution in [0, 0.1) is 0 Å². The largest absolute Gasteiger partial charge is 0.322 e. The van der Waals surface area contributed by atoms with E-state index < -0.39 is 26.0 Å². The van der Waals surface area contributed by atoms with Gasteiger partial charge in [0, 0.05) is 31.9 Å². The van der Waals surface area contributed by atoms with E-state index in [0.717, 1.165) is 12.8 Å². The molecule has 1 aliphatic heterocycles. The molecule has 0 spiro atoms. The Balaban J connectivity index is 1.81. The molecule has 1 saturated heterocycles. The van der Waals surface area contributed by atoms with Crippen molar-refractivity contribution in [2.45, 2.75) is 36.5 Å². The third kappa shape index (κ3) is 4.99. The molecule has 0 aliphatic carbocycles. The number of amides is 1. The van der Waals surface area contributed by atoms with Crippen LogP contribution in [0.1, 0.15) is 37.0 Å². The summed E-state index contributed by atoms with van der Waals surface area (Å²) < 4.78 is 53.5. The number of halogens is 1. The van der Waals surface area contributed by atoms with E-state index in [4.69, 9.17) is 11.6 Å². The summed E-state index contributed by atoms with van der Waals surface area (Å²) in [6.45, 7) is 5.08. The molecule has 0 aromatic heterocycles. The first-order valence-corrected chi connectivity index (χ1v) is 13.6. The van der Waals surface area contributed by atoms with Gasteiger partial charge in [-0.1, -0.05) is 25.4 Å². The number of sulfonamides is 2. The van der Waals surface area contributed by atoms with Crippen LogP contribution < -0.4 is 5.32 Å². The molecule has 2 aromatic carbocycles. The van der Waals surface area contributed by atoms with Crippen LogP contribution in [0.25, 0.3) is 0 Å². The van der Waals surface area contributed by atoms with E-state index in [1.807, 2.05) is 0 Å². The minimum absolute atomic E-state index is 0.00802. The molecule has 0 bridgehead atoms.